The number of amides is 3. The van der Waals surface area contributed by atoms with Gasteiger partial charge in [-0.25, -0.2) is 28.3 Å². The smallest absolute Gasteiger partial charge is 0.312 e. The Kier molecular flexibility index (Phi) is 6.77. The molecule has 0 bridgehead atoms. The third-order valence-corrected chi connectivity index (χ3v) is 6.49. The van der Waals surface area contributed by atoms with Gasteiger partial charge in [0, 0.05) is 30.1 Å². The molecule has 0 saturated carbocycles. The van der Waals surface area contributed by atoms with Gasteiger partial charge in [-0.1, -0.05) is 29.8 Å². The summed E-state index contributed by atoms with van der Waals surface area (Å²) in [5.74, 6) is 0.229. The van der Waals surface area contributed by atoms with E-state index in [1.54, 1.807) is 42.5 Å². The topological polar surface area (TPSA) is 147 Å². The van der Waals surface area contributed by atoms with Gasteiger partial charge in [-0.2, -0.15) is 0 Å². The average Bonchev–Trinajstić information content (AvgIpc) is 3.31. The van der Waals surface area contributed by atoms with Gasteiger partial charge in [-0.15, -0.1) is 0 Å². The second-order valence-electron chi connectivity index (χ2n) is 7.61. The summed E-state index contributed by atoms with van der Waals surface area (Å²) in [6, 6.07) is 11.6. The summed E-state index contributed by atoms with van der Waals surface area (Å²) in [6.45, 7) is 0.425. The Morgan fingerprint density at radius 2 is 1.71 bits per heavy atom. The van der Waals surface area contributed by atoms with Gasteiger partial charge in [0.15, 0.2) is 0 Å². The molecule has 3 amide bonds. The van der Waals surface area contributed by atoms with E-state index in [0.717, 1.165) is 0 Å². The van der Waals surface area contributed by atoms with Crippen LogP contribution in [-0.2, 0) is 14.8 Å². The number of aromatic nitrogens is 2. The summed E-state index contributed by atoms with van der Waals surface area (Å²) >= 11 is 5.81. The third kappa shape index (κ3) is 5.33. The Labute approximate surface area is 201 Å². The number of nitrogens with one attached hydrogen (secondary N) is 2. The number of urea groups is 1. The van der Waals surface area contributed by atoms with E-state index in [9.17, 15) is 18.0 Å². The molecule has 1 unspecified atom stereocenters. The molecule has 1 fully saturated rings. The number of halogens is 1. The molecule has 3 aromatic rings. The number of benzene rings is 1. The molecule has 12 heteroatoms. The Hall–Kier alpha value is -3.54. The van der Waals surface area contributed by atoms with Gasteiger partial charge in [0.1, 0.15) is 17.7 Å². The van der Waals surface area contributed by atoms with Gasteiger partial charge in [0.05, 0.1) is 9.92 Å². The maximum absolute atomic E-state index is 12.9. The molecule has 1 atom stereocenters. The van der Waals surface area contributed by atoms with Crippen LogP contribution in [0.1, 0.15) is 12.8 Å². The highest BCUT2D eigenvalue weighted by atomic mass is 35.5. The van der Waals surface area contributed by atoms with Crippen LogP contribution < -0.4 is 15.8 Å². The number of nitrogens with zero attached hydrogens (tertiary/aromatic N) is 3. The number of likely N-dealkylation sites (tertiary alicyclic amines) is 1. The lowest BCUT2D eigenvalue weighted by Gasteiger charge is -2.24. The van der Waals surface area contributed by atoms with Gasteiger partial charge in [-0.05, 0) is 43.2 Å². The molecule has 1 aromatic carbocycles. The number of pyridine rings is 2. The molecule has 176 valence electrons. The van der Waals surface area contributed by atoms with Crippen LogP contribution in [-0.4, -0.2) is 47.8 Å². The molecule has 1 saturated heterocycles. The van der Waals surface area contributed by atoms with E-state index in [4.69, 9.17) is 16.7 Å². The monoisotopic (exact) mass is 500 g/mol. The van der Waals surface area contributed by atoms with Crippen LogP contribution in [0.25, 0.3) is 11.1 Å². The fourth-order valence-electron chi connectivity index (χ4n) is 3.70. The highest BCUT2D eigenvalue weighted by molar-refractivity contribution is 7.89. The van der Waals surface area contributed by atoms with Crippen molar-refractivity contribution in [2.45, 2.75) is 23.8 Å². The number of primary sulfonamides is 1. The van der Waals surface area contributed by atoms with E-state index in [2.05, 4.69) is 20.6 Å². The van der Waals surface area contributed by atoms with Gasteiger partial charge < -0.3 is 10.2 Å². The number of carbonyl (C=O) groups excluding carboxylic acids is 2. The van der Waals surface area contributed by atoms with Gasteiger partial charge in [0.2, 0.25) is 15.9 Å². The predicted octanol–water partition coefficient (Wildman–Crippen LogP) is 3.08. The lowest BCUT2D eigenvalue weighted by molar-refractivity contribution is -0.119. The summed E-state index contributed by atoms with van der Waals surface area (Å²) < 4.78 is 23.7. The summed E-state index contributed by atoms with van der Waals surface area (Å²) in [4.78, 5) is 35.2. The van der Waals surface area contributed by atoms with Gasteiger partial charge in [0.25, 0.3) is 0 Å². The Bertz CT molecular complexity index is 1320. The number of rotatable bonds is 5. The molecule has 1 aliphatic rings. The fourth-order valence-corrected chi connectivity index (χ4v) is 4.58. The van der Waals surface area contributed by atoms with Crippen molar-refractivity contribution < 1.29 is 18.0 Å². The third-order valence-electron chi connectivity index (χ3n) is 5.30. The highest BCUT2D eigenvalue weighted by Crippen LogP contribution is 2.27. The van der Waals surface area contributed by atoms with Crippen molar-refractivity contribution in [3.8, 4) is 11.1 Å². The molecular weight excluding hydrogens is 480 g/mol. The minimum Gasteiger partial charge on any atom is -0.312 e. The molecule has 0 radical (unpaired) electrons. The Morgan fingerprint density at radius 1 is 1.00 bits per heavy atom. The maximum Gasteiger partial charge on any atom is 0.323 e. The van der Waals surface area contributed by atoms with Crippen molar-refractivity contribution in [3.05, 3.63) is 65.9 Å². The van der Waals surface area contributed by atoms with Gasteiger partial charge in [-0.3, -0.25) is 10.1 Å². The van der Waals surface area contributed by atoms with Crippen molar-refractivity contribution in [2.24, 2.45) is 5.14 Å². The summed E-state index contributed by atoms with van der Waals surface area (Å²) in [7, 11) is -3.91. The average molecular weight is 501 g/mol. The molecule has 10 nitrogen and oxygen atoms in total. The minimum atomic E-state index is -3.91. The minimum absolute atomic E-state index is 0.0172. The number of anilines is 2. The van der Waals surface area contributed by atoms with E-state index in [1.807, 2.05) is 0 Å². The molecule has 3 heterocycles. The largest absolute Gasteiger partial charge is 0.323 e. The van der Waals surface area contributed by atoms with Gasteiger partial charge >= 0.3 is 6.03 Å². The van der Waals surface area contributed by atoms with Crippen molar-refractivity contribution in [1.82, 2.24) is 14.9 Å². The summed E-state index contributed by atoms with van der Waals surface area (Å²) in [5, 5.41) is 11.1. The molecule has 4 N–H and O–H groups in total. The first-order valence-corrected chi connectivity index (χ1v) is 12.2. The number of hydrogen-bond acceptors (Lipinski definition) is 6. The lowest BCUT2D eigenvalue weighted by Crippen LogP contribution is -2.45. The first kappa shape index (κ1) is 23.6. The van der Waals surface area contributed by atoms with Crippen LogP contribution in [0.4, 0.5) is 16.4 Å². The van der Waals surface area contributed by atoms with E-state index in [0.29, 0.717) is 41.4 Å². The van der Waals surface area contributed by atoms with E-state index < -0.39 is 22.1 Å². The highest BCUT2D eigenvalue weighted by Gasteiger charge is 2.34. The molecular formula is C22H21ClN6O4S. The van der Waals surface area contributed by atoms with Crippen molar-refractivity contribution >= 4 is 45.2 Å². The molecule has 34 heavy (non-hydrogen) atoms. The molecule has 0 spiro atoms. The fraction of sp³-hybridized carbons (Fsp3) is 0.182. The number of carbonyl (C=O) groups is 2. The zero-order valence-corrected chi connectivity index (χ0v) is 19.4. The normalized spacial score (nSPS) is 15.7. The Morgan fingerprint density at radius 3 is 2.38 bits per heavy atom. The van der Waals surface area contributed by atoms with E-state index >= 15 is 0 Å². The number of sulfonamides is 1. The number of hydrogen-bond donors (Lipinski definition) is 3. The van der Waals surface area contributed by atoms with Crippen LogP contribution >= 0.6 is 11.6 Å². The maximum atomic E-state index is 12.9. The Balaban J connectivity index is 1.44. The van der Waals surface area contributed by atoms with Crippen LogP contribution in [0, 0.1) is 0 Å². The van der Waals surface area contributed by atoms with Crippen LogP contribution in [0.2, 0.25) is 5.02 Å². The predicted molar refractivity (Wildman–Crippen MR) is 128 cm³/mol. The quantitative estimate of drug-likeness (QED) is 0.490. The molecule has 0 aliphatic carbocycles. The molecule has 2 aromatic heterocycles. The van der Waals surface area contributed by atoms with Crippen molar-refractivity contribution in [2.75, 3.05) is 17.2 Å². The first-order valence-electron chi connectivity index (χ1n) is 10.3. The van der Waals surface area contributed by atoms with Crippen molar-refractivity contribution in [3.63, 3.8) is 0 Å². The van der Waals surface area contributed by atoms with Crippen LogP contribution in [0.15, 0.2) is 65.8 Å². The first-order chi connectivity index (χ1) is 16.2. The zero-order chi connectivity index (χ0) is 24.3. The standard InChI is InChI=1S/C22H21ClN6O4S/c23-15-8-10-20(26-13-15)28-22(31)29-11-3-5-17(29)21(30)27-19-9-7-14(12-25-19)16-4-1-2-6-18(16)34(24,32)33/h1-2,4,6-10,12-13,17H,3,5,11H2,(H2,24,32,33)(H,25,27,30)(H,26,28,31). The zero-order valence-electron chi connectivity index (χ0n) is 17.8. The lowest BCUT2D eigenvalue weighted by atomic mass is 10.1. The summed E-state index contributed by atoms with van der Waals surface area (Å²) in [6.07, 6.45) is 4.05. The second-order valence-corrected chi connectivity index (χ2v) is 9.57. The summed E-state index contributed by atoms with van der Waals surface area (Å²) in [5.41, 5.74) is 0.935. The van der Waals surface area contributed by atoms with E-state index in [-0.39, 0.29) is 16.6 Å². The van der Waals surface area contributed by atoms with E-state index in [1.165, 1.54) is 23.4 Å². The number of nitrogens with two attached hydrogens (primary N) is 1. The van der Waals surface area contributed by atoms with Crippen LogP contribution in [0.5, 0.6) is 0 Å². The SMILES string of the molecule is NS(=O)(=O)c1ccccc1-c1ccc(NC(=O)C2CCCN2C(=O)Nc2ccc(Cl)cn2)nc1. The molecule has 4 rings (SSSR count). The van der Waals surface area contributed by atoms with Crippen molar-refractivity contribution in [1.29, 1.82) is 0 Å². The molecule has 1 aliphatic heterocycles. The second kappa shape index (κ2) is 9.75. The van der Waals surface area contributed by atoms with Crippen LogP contribution in [0.3, 0.4) is 0 Å².